The molecule has 1 amide bonds. The summed E-state index contributed by atoms with van der Waals surface area (Å²) >= 11 is 0. The Bertz CT molecular complexity index is 325. The van der Waals surface area contributed by atoms with E-state index >= 15 is 0 Å². The third kappa shape index (κ3) is 2.07. The zero-order chi connectivity index (χ0) is 12.8. The minimum absolute atomic E-state index is 0.221. The summed E-state index contributed by atoms with van der Waals surface area (Å²) in [5.41, 5.74) is 0.221. The molecule has 2 aliphatic heterocycles. The molecule has 3 rings (SSSR count). The van der Waals surface area contributed by atoms with Crippen molar-refractivity contribution in [2.75, 3.05) is 19.6 Å². The molecule has 1 N–H and O–H groups in total. The molecule has 3 atom stereocenters. The molecule has 3 nitrogen and oxygen atoms in total. The number of hydrogen-bond acceptors (Lipinski definition) is 2. The molecule has 2 saturated heterocycles. The van der Waals surface area contributed by atoms with Crippen LogP contribution in [0.1, 0.15) is 46.0 Å². The van der Waals surface area contributed by atoms with E-state index in [0.29, 0.717) is 17.9 Å². The second-order valence-electron chi connectivity index (χ2n) is 7.14. The van der Waals surface area contributed by atoms with Crippen LogP contribution < -0.4 is 5.32 Å². The second kappa shape index (κ2) is 4.52. The largest absolute Gasteiger partial charge is 0.341 e. The van der Waals surface area contributed by atoms with Crippen molar-refractivity contribution in [3.05, 3.63) is 0 Å². The Morgan fingerprint density at radius 3 is 2.72 bits per heavy atom. The highest BCUT2D eigenvalue weighted by Crippen LogP contribution is 2.44. The average Bonchev–Trinajstić information content (AvgIpc) is 2.90. The summed E-state index contributed by atoms with van der Waals surface area (Å²) in [6.45, 7) is 7.63. The van der Waals surface area contributed by atoms with Crippen molar-refractivity contribution in [1.29, 1.82) is 0 Å². The molecular weight excluding hydrogens is 224 g/mol. The van der Waals surface area contributed by atoms with Gasteiger partial charge in [-0.15, -0.1) is 0 Å². The number of nitrogens with zero attached hydrogens (tertiary/aromatic N) is 1. The lowest BCUT2D eigenvalue weighted by Gasteiger charge is -2.30. The number of likely N-dealkylation sites (tertiary alicyclic amines) is 1. The topological polar surface area (TPSA) is 32.3 Å². The van der Waals surface area contributed by atoms with Crippen LogP contribution in [-0.4, -0.2) is 36.5 Å². The Hall–Kier alpha value is -0.570. The fourth-order valence-electron chi connectivity index (χ4n) is 4.23. The molecule has 2 heterocycles. The van der Waals surface area contributed by atoms with Gasteiger partial charge in [-0.25, -0.2) is 0 Å². The standard InChI is InChI=1S/C15H26N2O/c1-15(2)7-3-6-12(15)14(18)17-9-11-5-4-8-16-13(11)10-17/h11-13,16H,3-10H2,1-2H3/t11-,12?,13+/m0/s1. The molecule has 1 saturated carbocycles. The van der Waals surface area contributed by atoms with Gasteiger partial charge < -0.3 is 10.2 Å². The van der Waals surface area contributed by atoms with E-state index in [1.165, 1.54) is 25.7 Å². The van der Waals surface area contributed by atoms with Gasteiger partial charge in [-0.1, -0.05) is 20.3 Å². The molecule has 3 heteroatoms. The summed E-state index contributed by atoms with van der Waals surface area (Å²) < 4.78 is 0. The van der Waals surface area contributed by atoms with Crippen molar-refractivity contribution in [2.45, 2.75) is 52.0 Å². The van der Waals surface area contributed by atoms with Crippen LogP contribution in [-0.2, 0) is 4.79 Å². The predicted octanol–water partition coefficient (Wildman–Crippen LogP) is 2.02. The van der Waals surface area contributed by atoms with Crippen LogP contribution in [0.15, 0.2) is 0 Å². The van der Waals surface area contributed by atoms with E-state index in [2.05, 4.69) is 24.1 Å². The maximum Gasteiger partial charge on any atom is 0.226 e. The smallest absolute Gasteiger partial charge is 0.226 e. The average molecular weight is 250 g/mol. The first-order valence-corrected chi connectivity index (χ1v) is 7.60. The minimum Gasteiger partial charge on any atom is -0.341 e. The molecule has 0 radical (unpaired) electrons. The fraction of sp³-hybridized carbons (Fsp3) is 0.933. The third-order valence-electron chi connectivity index (χ3n) is 5.47. The summed E-state index contributed by atoms with van der Waals surface area (Å²) in [5, 5.41) is 3.58. The van der Waals surface area contributed by atoms with E-state index < -0.39 is 0 Å². The highest BCUT2D eigenvalue weighted by molar-refractivity contribution is 5.80. The summed E-state index contributed by atoms with van der Waals surface area (Å²) in [7, 11) is 0. The molecule has 0 aromatic rings. The van der Waals surface area contributed by atoms with E-state index in [9.17, 15) is 4.79 Å². The van der Waals surface area contributed by atoms with E-state index in [1.54, 1.807) is 0 Å². The van der Waals surface area contributed by atoms with Crippen LogP contribution in [0.5, 0.6) is 0 Å². The highest BCUT2D eigenvalue weighted by Gasteiger charge is 2.44. The normalized spacial score (nSPS) is 38.8. The van der Waals surface area contributed by atoms with Gasteiger partial charge >= 0.3 is 0 Å². The lowest BCUT2D eigenvalue weighted by atomic mass is 9.81. The Morgan fingerprint density at radius 1 is 1.22 bits per heavy atom. The molecule has 0 aromatic heterocycles. The Balaban J connectivity index is 1.67. The number of amides is 1. The molecule has 18 heavy (non-hydrogen) atoms. The molecule has 0 bridgehead atoms. The molecular formula is C15H26N2O. The number of fused-ring (bicyclic) bond motifs is 1. The maximum atomic E-state index is 12.7. The Morgan fingerprint density at radius 2 is 2.06 bits per heavy atom. The summed E-state index contributed by atoms with van der Waals surface area (Å²) in [6, 6.07) is 0.576. The number of carbonyl (C=O) groups is 1. The molecule has 0 aromatic carbocycles. The molecule has 102 valence electrons. The lowest BCUT2D eigenvalue weighted by Crippen LogP contribution is -2.42. The van der Waals surface area contributed by atoms with Crippen molar-refractivity contribution in [2.24, 2.45) is 17.3 Å². The first-order valence-electron chi connectivity index (χ1n) is 7.60. The van der Waals surface area contributed by atoms with Crippen LogP contribution in [0.4, 0.5) is 0 Å². The van der Waals surface area contributed by atoms with Crippen molar-refractivity contribution in [3.63, 3.8) is 0 Å². The first kappa shape index (κ1) is 12.5. The van der Waals surface area contributed by atoms with Crippen LogP contribution in [0.3, 0.4) is 0 Å². The van der Waals surface area contributed by atoms with Crippen molar-refractivity contribution < 1.29 is 4.79 Å². The Labute approximate surface area is 110 Å². The van der Waals surface area contributed by atoms with Crippen molar-refractivity contribution >= 4 is 5.91 Å². The van der Waals surface area contributed by atoms with E-state index in [0.717, 1.165) is 26.1 Å². The summed E-state index contributed by atoms with van der Waals surface area (Å²) in [6.07, 6.45) is 6.11. The van der Waals surface area contributed by atoms with Gasteiger partial charge in [0.1, 0.15) is 0 Å². The minimum atomic E-state index is 0.221. The lowest BCUT2D eigenvalue weighted by molar-refractivity contribution is -0.137. The predicted molar refractivity (Wildman–Crippen MR) is 72.2 cm³/mol. The quantitative estimate of drug-likeness (QED) is 0.772. The van der Waals surface area contributed by atoms with Gasteiger partial charge in [-0.05, 0) is 43.6 Å². The highest BCUT2D eigenvalue weighted by atomic mass is 16.2. The number of rotatable bonds is 1. The van der Waals surface area contributed by atoms with E-state index in [1.807, 2.05) is 0 Å². The van der Waals surface area contributed by atoms with Gasteiger partial charge in [0.05, 0.1) is 0 Å². The van der Waals surface area contributed by atoms with Crippen molar-refractivity contribution in [1.82, 2.24) is 10.2 Å². The number of piperidine rings is 1. The molecule has 3 aliphatic rings. The van der Waals surface area contributed by atoms with E-state index in [-0.39, 0.29) is 11.3 Å². The maximum absolute atomic E-state index is 12.7. The number of hydrogen-bond donors (Lipinski definition) is 1. The van der Waals surface area contributed by atoms with Gasteiger partial charge in [0.2, 0.25) is 5.91 Å². The first-order chi connectivity index (χ1) is 8.58. The molecule has 3 fully saturated rings. The fourth-order valence-corrected chi connectivity index (χ4v) is 4.23. The van der Waals surface area contributed by atoms with Crippen LogP contribution in [0, 0.1) is 17.3 Å². The van der Waals surface area contributed by atoms with Crippen LogP contribution >= 0.6 is 0 Å². The zero-order valence-corrected chi connectivity index (χ0v) is 11.7. The van der Waals surface area contributed by atoms with E-state index in [4.69, 9.17) is 0 Å². The second-order valence-corrected chi connectivity index (χ2v) is 7.14. The molecule has 1 aliphatic carbocycles. The Kier molecular flexibility index (Phi) is 3.13. The van der Waals surface area contributed by atoms with Gasteiger partial charge in [-0.2, -0.15) is 0 Å². The summed E-state index contributed by atoms with van der Waals surface area (Å²) in [5.74, 6) is 1.43. The molecule has 1 unspecified atom stereocenters. The van der Waals surface area contributed by atoms with Gasteiger partial charge in [-0.3, -0.25) is 4.79 Å². The van der Waals surface area contributed by atoms with Gasteiger partial charge in [0, 0.05) is 25.0 Å². The zero-order valence-electron chi connectivity index (χ0n) is 11.7. The van der Waals surface area contributed by atoms with Crippen LogP contribution in [0.2, 0.25) is 0 Å². The number of carbonyl (C=O) groups excluding carboxylic acids is 1. The van der Waals surface area contributed by atoms with Gasteiger partial charge in [0.15, 0.2) is 0 Å². The third-order valence-corrected chi connectivity index (χ3v) is 5.47. The van der Waals surface area contributed by atoms with Crippen LogP contribution in [0.25, 0.3) is 0 Å². The SMILES string of the molecule is CC1(C)CCCC1C(=O)N1C[C@@H]2CCCN[C@@H]2C1. The van der Waals surface area contributed by atoms with Crippen molar-refractivity contribution in [3.8, 4) is 0 Å². The monoisotopic (exact) mass is 250 g/mol. The molecule has 0 spiro atoms. The summed E-state index contributed by atoms with van der Waals surface area (Å²) in [4.78, 5) is 14.9. The number of nitrogens with one attached hydrogen (secondary N) is 1. The van der Waals surface area contributed by atoms with Gasteiger partial charge in [0.25, 0.3) is 0 Å².